The van der Waals surface area contributed by atoms with E-state index in [4.69, 9.17) is 4.84 Å². The molecule has 0 spiro atoms. The van der Waals surface area contributed by atoms with Crippen LogP contribution in [0.2, 0.25) is 0 Å². The number of benzene rings is 1. The Morgan fingerprint density at radius 2 is 2.33 bits per heavy atom. The summed E-state index contributed by atoms with van der Waals surface area (Å²) in [7, 11) is 0. The van der Waals surface area contributed by atoms with Gasteiger partial charge in [0.25, 0.3) is 0 Å². The first-order valence-electron chi connectivity index (χ1n) is 3.37. The van der Waals surface area contributed by atoms with E-state index >= 15 is 0 Å². The van der Waals surface area contributed by atoms with Crippen LogP contribution in [0.5, 0.6) is 11.5 Å². The Morgan fingerprint density at radius 3 is 3.00 bits per heavy atom. The van der Waals surface area contributed by atoms with E-state index in [2.05, 4.69) is 21.1 Å². The maximum Gasteiger partial charge on any atom is 0.200 e. The zero-order chi connectivity index (χ0) is 8.97. The van der Waals surface area contributed by atoms with Crippen molar-refractivity contribution in [3.8, 4) is 11.5 Å². The molecule has 0 amide bonds. The van der Waals surface area contributed by atoms with Crippen molar-refractivity contribution in [1.29, 1.82) is 0 Å². The van der Waals surface area contributed by atoms with E-state index < -0.39 is 0 Å². The zero-order valence-corrected chi connectivity index (χ0v) is 8.08. The molecule has 1 rings (SSSR count). The summed E-state index contributed by atoms with van der Waals surface area (Å²) < 4.78 is 0.835. The molecule has 0 aliphatic carbocycles. The molecular formula is C8H8BrNO2. The lowest BCUT2D eigenvalue weighted by Gasteiger charge is -2.00. The van der Waals surface area contributed by atoms with Gasteiger partial charge in [-0.2, -0.15) is 0 Å². The van der Waals surface area contributed by atoms with Gasteiger partial charge >= 0.3 is 0 Å². The fraction of sp³-hybridized carbons (Fsp3) is 0.125. The predicted octanol–water partition coefficient (Wildman–Crippen LogP) is 2.54. The SMILES string of the molecule is CC=NOc1cc(Br)ccc1O. The van der Waals surface area contributed by atoms with E-state index in [0.29, 0.717) is 5.75 Å². The van der Waals surface area contributed by atoms with Gasteiger partial charge in [0.05, 0.1) is 0 Å². The number of hydrogen-bond acceptors (Lipinski definition) is 3. The average Bonchev–Trinajstić information content (AvgIpc) is 2.07. The molecule has 0 heterocycles. The molecule has 12 heavy (non-hydrogen) atoms. The lowest BCUT2D eigenvalue weighted by molar-refractivity contribution is 0.320. The average molecular weight is 230 g/mol. The fourth-order valence-corrected chi connectivity index (χ4v) is 1.01. The second kappa shape index (κ2) is 4.11. The van der Waals surface area contributed by atoms with Crippen LogP contribution in [-0.4, -0.2) is 11.3 Å². The van der Waals surface area contributed by atoms with Crippen molar-refractivity contribution >= 4 is 22.1 Å². The summed E-state index contributed by atoms with van der Waals surface area (Å²) in [4.78, 5) is 4.86. The molecule has 1 aromatic carbocycles. The van der Waals surface area contributed by atoms with Gasteiger partial charge in [-0.15, -0.1) is 0 Å². The molecule has 1 aromatic rings. The second-order valence-electron chi connectivity index (χ2n) is 2.07. The molecule has 0 aliphatic heterocycles. The number of phenolic OH excluding ortho intramolecular Hbond substituents is 1. The van der Waals surface area contributed by atoms with Crippen molar-refractivity contribution in [2.45, 2.75) is 6.92 Å². The maximum atomic E-state index is 9.24. The highest BCUT2D eigenvalue weighted by molar-refractivity contribution is 9.10. The van der Waals surface area contributed by atoms with Crippen molar-refractivity contribution in [1.82, 2.24) is 0 Å². The van der Waals surface area contributed by atoms with E-state index in [1.165, 1.54) is 12.3 Å². The highest BCUT2D eigenvalue weighted by atomic mass is 79.9. The first-order chi connectivity index (χ1) is 5.74. The van der Waals surface area contributed by atoms with Crippen LogP contribution in [-0.2, 0) is 0 Å². The minimum atomic E-state index is 0.0730. The summed E-state index contributed by atoms with van der Waals surface area (Å²) in [6, 6.07) is 4.89. The second-order valence-corrected chi connectivity index (χ2v) is 2.98. The van der Waals surface area contributed by atoms with Crippen molar-refractivity contribution < 1.29 is 9.94 Å². The standard InChI is InChI=1S/C8H8BrNO2/c1-2-10-12-8-5-6(9)3-4-7(8)11/h2-5,11H,1H3. The van der Waals surface area contributed by atoms with Crippen LogP contribution in [0.15, 0.2) is 27.8 Å². The highest BCUT2D eigenvalue weighted by Crippen LogP contribution is 2.28. The van der Waals surface area contributed by atoms with E-state index in [0.717, 1.165) is 4.47 Å². The molecule has 0 radical (unpaired) electrons. The van der Waals surface area contributed by atoms with Gasteiger partial charge in [0.1, 0.15) is 0 Å². The van der Waals surface area contributed by atoms with Gasteiger partial charge in [-0.25, -0.2) is 0 Å². The lowest BCUT2D eigenvalue weighted by atomic mass is 10.3. The van der Waals surface area contributed by atoms with Crippen molar-refractivity contribution in [3.05, 3.63) is 22.7 Å². The summed E-state index contributed by atoms with van der Waals surface area (Å²) >= 11 is 3.25. The summed E-state index contributed by atoms with van der Waals surface area (Å²) in [5.74, 6) is 0.409. The van der Waals surface area contributed by atoms with Crippen molar-refractivity contribution in [2.24, 2.45) is 5.16 Å². The molecule has 0 aromatic heterocycles. The quantitative estimate of drug-likeness (QED) is 0.626. The van der Waals surface area contributed by atoms with E-state index in [1.54, 1.807) is 19.1 Å². The smallest absolute Gasteiger partial charge is 0.200 e. The van der Waals surface area contributed by atoms with Gasteiger partial charge in [-0.05, 0) is 19.1 Å². The summed E-state index contributed by atoms with van der Waals surface area (Å²) in [6.07, 6.45) is 1.50. The fourth-order valence-electron chi connectivity index (χ4n) is 0.671. The summed E-state index contributed by atoms with van der Waals surface area (Å²) in [5, 5.41) is 12.8. The number of oxime groups is 1. The van der Waals surface area contributed by atoms with Crippen LogP contribution >= 0.6 is 15.9 Å². The minimum absolute atomic E-state index is 0.0730. The van der Waals surface area contributed by atoms with Gasteiger partial charge < -0.3 is 9.94 Å². The van der Waals surface area contributed by atoms with E-state index in [-0.39, 0.29) is 5.75 Å². The lowest BCUT2D eigenvalue weighted by Crippen LogP contribution is -1.83. The molecule has 0 saturated carbocycles. The Bertz CT molecular complexity index is 299. The Labute approximate surface area is 78.8 Å². The third-order valence-corrected chi connectivity index (χ3v) is 1.67. The molecule has 0 unspecified atom stereocenters. The number of halogens is 1. The highest BCUT2D eigenvalue weighted by Gasteiger charge is 2.01. The van der Waals surface area contributed by atoms with Crippen molar-refractivity contribution in [2.75, 3.05) is 0 Å². The van der Waals surface area contributed by atoms with Crippen LogP contribution in [0.1, 0.15) is 6.92 Å². The number of aromatic hydroxyl groups is 1. The Hall–Kier alpha value is -1.03. The molecule has 3 nitrogen and oxygen atoms in total. The van der Waals surface area contributed by atoms with E-state index in [1.807, 2.05) is 0 Å². The van der Waals surface area contributed by atoms with Gasteiger partial charge in [0, 0.05) is 16.8 Å². The normalized spacial score (nSPS) is 10.5. The monoisotopic (exact) mass is 229 g/mol. The molecule has 64 valence electrons. The Balaban J connectivity index is 2.89. The third kappa shape index (κ3) is 2.23. The Morgan fingerprint density at radius 1 is 1.58 bits per heavy atom. The topological polar surface area (TPSA) is 41.8 Å². The van der Waals surface area contributed by atoms with Crippen LogP contribution in [0, 0.1) is 0 Å². The maximum absolute atomic E-state index is 9.24. The number of nitrogens with zero attached hydrogens (tertiary/aromatic N) is 1. The van der Waals surface area contributed by atoms with Gasteiger partial charge in [0.2, 0.25) is 5.75 Å². The van der Waals surface area contributed by atoms with Gasteiger partial charge in [-0.1, -0.05) is 21.1 Å². The first-order valence-corrected chi connectivity index (χ1v) is 4.17. The molecule has 0 aliphatic rings. The van der Waals surface area contributed by atoms with Crippen LogP contribution in [0.25, 0.3) is 0 Å². The molecule has 0 fully saturated rings. The van der Waals surface area contributed by atoms with Gasteiger partial charge in [-0.3, -0.25) is 0 Å². The first kappa shape index (κ1) is 9.06. The van der Waals surface area contributed by atoms with Crippen LogP contribution in [0.3, 0.4) is 0 Å². The van der Waals surface area contributed by atoms with Crippen LogP contribution < -0.4 is 4.84 Å². The number of phenols is 1. The number of hydrogen-bond donors (Lipinski definition) is 1. The predicted molar refractivity (Wildman–Crippen MR) is 50.6 cm³/mol. The minimum Gasteiger partial charge on any atom is -0.504 e. The molecule has 0 saturated heterocycles. The van der Waals surface area contributed by atoms with Crippen molar-refractivity contribution in [3.63, 3.8) is 0 Å². The molecule has 0 atom stereocenters. The summed E-state index contributed by atoms with van der Waals surface area (Å²) in [6.45, 7) is 1.73. The molecule has 0 bridgehead atoms. The number of rotatable bonds is 2. The van der Waals surface area contributed by atoms with Gasteiger partial charge in [0.15, 0.2) is 5.75 Å². The largest absolute Gasteiger partial charge is 0.504 e. The Kier molecular flexibility index (Phi) is 3.10. The zero-order valence-electron chi connectivity index (χ0n) is 6.49. The third-order valence-electron chi connectivity index (χ3n) is 1.18. The van der Waals surface area contributed by atoms with E-state index in [9.17, 15) is 5.11 Å². The molecule has 4 heteroatoms. The molecule has 1 N–H and O–H groups in total. The summed E-state index contributed by atoms with van der Waals surface area (Å²) in [5.41, 5.74) is 0. The van der Waals surface area contributed by atoms with Crippen LogP contribution in [0.4, 0.5) is 0 Å². The molecular weight excluding hydrogens is 222 g/mol.